The minimum atomic E-state index is -0.578. The lowest BCUT2D eigenvalue weighted by Gasteiger charge is -2.17. The van der Waals surface area contributed by atoms with Crippen LogP contribution in [0.4, 0.5) is 5.69 Å². The number of carbonyl (C=O) groups is 1. The highest BCUT2D eigenvalue weighted by atomic mass is 16.6. The fourth-order valence-corrected chi connectivity index (χ4v) is 1.50. The summed E-state index contributed by atoms with van der Waals surface area (Å²) in [6.45, 7) is 0.251. The van der Waals surface area contributed by atoms with E-state index in [1.807, 2.05) is 6.07 Å². The second kappa shape index (κ2) is 6.35. The number of amides is 1. The average molecular weight is 263 g/mol. The summed E-state index contributed by atoms with van der Waals surface area (Å²) in [7, 11) is 2.91. The van der Waals surface area contributed by atoms with Gasteiger partial charge in [0.05, 0.1) is 30.1 Å². The van der Waals surface area contributed by atoms with Crippen LogP contribution in [0.15, 0.2) is 18.2 Å². The number of nitrogens with zero attached hydrogens (tertiary/aromatic N) is 3. The van der Waals surface area contributed by atoms with Crippen molar-refractivity contribution in [2.24, 2.45) is 0 Å². The van der Waals surface area contributed by atoms with Gasteiger partial charge in [-0.05, 0) is 6.07 Å². The Morgan fingerprint density at radius 3 is 2.79 bits per heavy atom. The first-order valence-corrected chi connectivity index (χ1v) is 5.46. The maximum absolute atomic E-state index is 12.1. The van der Waals surface area contributed by atoms with Crippen LogP contribution in [0.1, 0.15) is 16.8 Å². The summed E-state index contributed by atoms with van der Waals surface area (Å²) in [5.74, 6) is -0.157. The summed E-state index contributed by atoms with van der Waals surface area (Å²) < 4.78 is 5.02. The predicted octanol–water partition coefficient (Wildman–Crippen LogP) is 1.59. The zero-order valence-electron chi connectivity index (χ0n) is 10.6. The number of benzene rings is 1. The molecule has 0 fully saturated rings. The second-order valence-corrected chi connectivity index (χ2v) is 3.78. The molecule has 0 spiro atoms. The molecule has 1 rings (SSSR count). The standard InChI is InChI=1S/C12H13N3O4/c1-14(7-3-6-13)12(16)10-8-9(15(17)18)4-5-11(10)19-2/h4-5,8H,3,7H2,1-2H3. The topological polar surface area (TPSA) is 96.5 Å². The van der Waals surface area contributed by atoms with Gasteiger partial charge >= 0.3 is 0 Å². The van der Waals surface area contributed by atoms with Gasteiger partial charge in [0.2, 0.25) is 0 Å². The Kier molecular flexibility index (Phi) is 4.83. The van der Waals surface area contributed by atoms with Crippen molar-refractivity contribution in [2.75, 3.05) is 20.7 Å². The van der Waals surface area contributed by atoms with Gasteiger partial charge in [-0.15, -0.1) is 0 Å². The van der Waals surface area contributed by atoms with Crippen LogP contribution in [0.5, 0.6) is 5.75 Å². The molecular weight excluding hydrogens is 250 g/mol. The van der Waals surface area contributed by atoms with Crippen LogP contribution in [0.2, 0.25) is 0 Å². The van der Waals surface area contributed by atoms with E-state index in [1.165, 1.54) is 37.3 Å². The van der Waals surface area contributed by atoms with Crippen molar-refractivity contribution in [1.82, 2.24) is 4.90 Å². The van der Waals surface area contributed by atoms with Gasteiger partial charge in [0.1, 0.15) is 5.75 Å². The number of nitro benzene ring substituents is 1. The largest absolute Gasteiger partial charge is 0.496 e. The molecule has 1 aromatic rings. The van der Waals surface area contributed by atoms with Gasteiger partial charge in [-0.25, -0.2) is 0 Å². The van der Waals surface area contributed by atoms with Gasteiger partial charge in [0, 0.05) is 25.7 Å². The molecule has 7 nitrogen and oxygen atoms in total. The van der Waals surface area contributed by atoms with Gasteiger partial charge in [0.25, 0.3) is 11.6 Å². The van der Waals surface area contributed by atoms with Crippen LogP contribution >= 0.6 is 0 Å². The second-order valence-electron chi connectivity index (χ2n) is 3.78. The number of hydrogen-bond acceptors (Lipinski definition) is 5. The molecule has 0 aromatic heterocycles. The first-order chi connectivity index (χ1) is 9.01. The molecule has 7 heteroatoms. The minimum Gasteiger partial charge on any atom is -0.496 e. The van der Waals surface area contributed by atoms with E-state index in [2.05, 4.69) is 0 Å². The third-order valence-electron chi connectivity index (χ3n) is 2.53. The monoisotopic (exact) mass is 263 g/mol. The SMILES string of the molecule is COc1ccc([N+](=O)[O-])cc1C(=O)N(C)CCC#N. The van der Waals surface area contributed by atoms with Crippen LogP contribution in [-0.4, -0.2) is 36.4 Å². The van der Waals surface area contributed by atoms with E-state index in [9.17, 15) is 14.9 Å². The van der Waals surface area contributed by atoms with Gasteiger partial charge in [-0.3, -0.25) is 14.9 Å². The molecule has 0 saturated carbocycles. The first kappa shape index (κ1) is 14.4. The maximum atomic E-state index is 12.1. The zero-order chi connectivity index (χ0) is 14.4. The summed E-state index contributed by atoms with van der Waals surface area (Å²) in [6.07, 6.45) is 0.194. The Balaban J connectivity index is 3.09. The van der Waals surface area contributed by atoms with Crippen molar-refractivity contribution >= 4 is 11.6 Å². The normalized spacial score (nSPS) is 9.53. The molecule has 0 radical (unpaired) electrons. The van der Waals surface area contributed by atoms with Gasteiger partial charge in [0.15, 0.2) is 0 Å². The Morgan fingerprint density at radius 2 is 2.26 bits per heavy atom. The molecular formula is C12H13N3O4. The van der Waals surface area contributed by atoms with Crippen molar-refractivity contribution in [3.05, 3.63) is 33.9 Å². The minimum absolute atomic E-state index is 0.108. The fourth-order valence-electron chi connectivity index (χ4n) is 1.50. The third-order valence-corrected chi connectivity index (χ3v) is 2.53. The molecule has 0 N–H and O–H groups in total. The van der Waals surface area contributed by atoms with E-state index in [4.69, 9.17) is 10.00 Å². The van der Waals surface area contributed by atoms with Crippen molar-refractivity contribution in [1.29, 1.82) is 5.26 Å². The van der Waals surface area contributed by atoms with Crippen LogP contribution in [0, 0.1) is 21.4 Å². The summed E-state index contributed by atoms with van der Waals surface area (Å²) in [5, 5.41) is 19.2. The van der Waals surface area contributed by atoms with Gasteiger partial charge in [-0.1, -0.05) is 0 Å². The van der Waals surface area contributed by atoms with Crippen LogP contribution in [0.25, 0.3) is 0 Å². The Hall–Kier alpha value is -2.62. The number of non-ortho nitro benzene ring substituents is 1. The quantitative estimate of drug-likeness (QED) is 0.593. The molecule has 0 heterocycles. The Bertz CT molecular complexity index is 536. The predicted molar refractivity (Wildman–Crippen MR) is 66.8 cm³/mol. The molecule has 0 unspecified atom stereocenters. The number of nitro groups is 1. The number of methoxy groups -OCH3 is 1. The molecule has 100 valence electrons. The third kappa shape index (κ3) is 3.42. The smallest absolute Gasteiger partial charge is 0.270 e. The zero-order valence-corrected chi connectivity index (χ0v) is 10.6. The maximum Gasteiger partial charge on any atom is 0.270 e. The van der Waals surface area contributed by atoms with Crippen LogP contribution < -0.4 is 4.74 Å². The van der Waals surface area contributed by atoms with E-state index < -0.39 is 10.8 Å². The first-order valence-electron chi connectivity index (χ1n) is 5.46. The van der Waals surface area contributed by atoms with E-state index in [0.29, 0.717) is 0 Å². The molecule has 0 aliphatic carbocycles. The van der Waals surface area contributed by atoms with Crippen molar-refractivity contribution < 1.29 is 14.5 Å². The molecule has 19 heavy (non-hydrogen) atoms. The molecule has 0 bridgehead atoms. The number of hydrogen-bond donors (Lipinski definition) is 0. The Labute approximate surface area is 110 Å². The summed E-state index contributed by atoms with van der Waals surface area (Å²) in [6, 6.07) is 5.75. The summed E-state index contributed by atoms with van der Waals surface area (Å²) in [5.41, 5.74) is -0.0741. The van der Waals surface area contributed by atoms with Crippen LogP contribution in [-0.2, 0) is 0 Å². The molecule has 0 aliphatic rings. The number of rotatable bonds is 5. The van der Waals surface area contributed by atoms with E-state index in [0.717, 1.165) is 0 Å². The summed E-state index contributed by atoms with van der Waals surface area (Å²) >= 11 is 0. The van der Waals surface area contributed by atoms with Crippen molar-refractivity contribution in [2.45, 2.75) is 6.42 Å². The highest BCUT2D eigenvalue weighted by Crippen LogP contribution is 2.25. The lowest BCUT2D eigenvalue weighted by Crippen LogP contribution is -2.28. The highest BCUT2D eigenvalue weighted by molar-refractivity contribution is 5.97. The molecule has 1 amide bonds. The highest BCUT2D eigenvalue weighted by Gasteiger charge is 2.20. The number of nitriles is 1. The molecule has 1 aromatic carbocycles. The Morgan fingerprint density at radius 1 is 1.58 bits per heavy atom. The molecule has 0 aliphatic heterocycles. The number of ether oxygens (including phenoxy) is 1. The van der Waals surface area contributed by atoms with Crippen molar-refractivity contribution in [3.8, 4) is 11.8 Å². The lowest BCUT2D eigenvalue weighted by atomic mass is 10.1. The lowest BCUT2D eigenvalue weighted by molar-refractivity contribution is -0.384. The van der Waals surface area contributed by atoms with Gasteiger partial charge in [-0.2, -0.15) is 5.26 Å². The van der Waals surface area contributed by atoms with Crippen molar-refractivity contribution in [3.63, 3.8) is 0 Å². The average Bonchev–Trinajstić information content (AvgIpc) is 2.42. The van der Waals surface area contributed by atoms with Gasteiger partial charge < -0.3 is 9.64 Å². The van der Waals surface area contributed by atoms with Crippen LogP contribution in [0.3, 0.4) is 0 Å². The fraction of sp³-hybridized carbons (Fsp3) is 0.333. The van der Waals surface area contributed by atoms with E-state index >= 15 is 0 Å². The summed E-state index contributed by atoms with van der Waals surface area (Å²) in [4.78, 5) is 23.6. The number of carbonyl (C=O) groups excluding carboxylic acids is 1. The van der Waals surface area contributed by atoms with E-state index in [1.54, 1.807) is 0 Å². The van der Waals surface area contributed by atoms with E-state index in [-0.39, 0.29) is 30.0 Å². The molecule has 0 saturated heterocycles. The molecule has 0 atom stereocenters.